The number of carbonyl (C=O) groups excluding carboxylic acids is 1. The van der Waals surface area contributed by atoms with Gasteiger partial charge in [0, 0.05) is 30.6 Å². The number of carbonyl (C=O) groups is 1. The Morgan fingerprint density at radius 2 is 1.83 bits per heavy atom. The van der Waals surface area contributed by atoms with Gasteiger partial charge in [-0.3, -0.25) is 10.1 Å². The van der Waals surface area contributed by atoms with Crippen LogP contribution in [0.1, 0.15) is 33.0 Å². The lowest BCUT2D eigenvalue weighted by molar-refractivity contribution is 0.102. The van der Waals surface area contributed by atoms with Gasteiger partial charge >= 0.3 is 0 Å². The largest absolute Gasteiger partial charge is 0.466 e. The Labute approximate surface area is 174 Å². The molecule has 0 spiro atoms. The Kier molecular flexibility index (Phi) is 5.66. The molecule has 0 aliphatic heterocycles. The maximum atomic E-state index is 12.8. The summed E-state index contributed by atoms with van der Waals surface area (Å²) in [5, 5.41) is 5.03. The third kappa shape index (κ3) is 4.12. The summed E-state index contributed by atoms with van der Waals surface area (Å²) in [6, 6.07) is 4.99. The van der Waals surface area contributed by atoms with E-state index in [9.17, 15) is 13.2 Å². The van der Waals surface area contributed by atoms with Gasteiger partial charge in [0.15, 0.2) is 5.13 Å². The molecule has 2 heterocycles. The minimum absolute atomic E-state index is 0.122. The molecule has 7 nitrogen and oxygen atoms in total. The average molecular weight is 434 g/mol. The molecule has 0 saturated heterocycles. The molecule has 9 heteroatoms. The molecule has 3 aromatic rings. The van der Waals surface area contributed by atoms with E-state index < -0.39 is 15.9 Å². The predicted molar refractivity (Wildman–Crippen MR) is 114 cm³/mol. The van der Waals surface area contributed by atoms with Crippen LogP contribution in [0.25, 0.3) is 11.3 Å². The molecular formula is C20H23N3O4S2. The average Bonchev–Trinajstić information content (AvgIpc) is 3.22. The van der Waals surface area contributed by atoms with Crippen molar-refractivity contribution >= 4 is 32.4 Å². The third-order valence-electron chi connectivity index (χ3n) is 4.68. The van der Waals surface area contributed by atoms with Gasteiger partial charge in [-0.15, -0.1) is 11.3 Å². The molecule has 29 heavy (non-hydrogen) atoms. The molecule has 0 unspecified atom stereocenters. The van der Waals surface area contributed by atoms with Crippen LogP contribution in [-0.2, 0) is 10.0 Å². The van der Waals surface area contributed by atoms with Gasteiger partial charge in [-0.25, -0.2) is 17.7 Å². The Bertz CT molecular complexity index is 1190. The normalized spacial score (nSPS) is 11.8. The van der Waals surface area contributed by atoms with Crippen molar-refractivity contribution in [3.8, 4) is 11.3 Å². The van der Waals surface area contributed by atoms with Crippen LogP contribution in [0.3, 0.4) is 0 Å². The van der Waals surface area contributed by atoms with Gasteiger partial charge in [0.25, 0.3) is 5.91 Å². The van der Waals surface area contributed by atoms with Crippen molar-refractivity contribution in [2.24, 2.45) is 0 Å². The zero-order chi connectivity index (χ0) is 21.5. The molecule has 0 fully saturated rings. The highest BCUT2D eigenvalue weighted by atomic mass is 32.2. The highest BCUT2D eigenvalue weighted by Gasteiger charge is 2.23. The number of hydrogen-bond donors (Lipinski definition) is 1. The van der Waals surface area contributed by atoms with Gasteiger partial charge in [0.05, 0.1) is 10.6 Å². The quantitative estimate of drug-likeness (QED) is 0.653. The number of benzene rings is 1. The summed E-state index contributed by atoms with van der Waals surface area (Å²) in [7, 11) is -0.732. The first kappa shape index (κ1) is 21.2. The van der Waals surface area contributed by atoms with E-state index in [-0.39, 0.29) is 10.5 Å². The number of hydrogen-bond acceptors (Lipinski definition) is 6. The second kappa shape index (κ2) is 7.74. The molecule has 0 aliphatic carbocycles. The zero-order valence-corrected chi connectivity index (χ0v) is 18.8. The van der Waals surface area contributed by atoms with Gasteiger partial charge in [-0.2, -0.15) is 0 Å². The number of thiazole rings is 1. The molecule has 0 radical (unpaired) electrons. The molecule has 154 valence electrons. The monoisotopic (exact) mass is 433 g/mol. The van der Waals surface area contributed by atoms with Crippen molar-refractivity contribution in [1.29, 1.82) is 0 Å². The summed E-state index contributed by atoms with van der Waals surface area (Å²) in [6.45, 7) is 7.24. The number of nitrogens with zero attached hydrogens (tertiary/aromatic N) is 2. The van der Waals surface area contributed by atoms with Crippen LogP contribution in [0, 0.1) is 27.7 Å². The zero-order valence-electron chi connectivity index (χ0n) is 17.2. The second-order valence-electron chi connectivity index (χ2n) is 7.02. The molecule has 3 rings (SSSR count). The number of nitrogens with one attached hydrogen (secondary N) is 1. The molecular weight excluding hydrogens is 410 g/mol. The van der Waals surface area contributed by atoms with E-state index in [1.54, 1.807) is 19.9 Å². The minimum Gasteiger partial charge on any atom is -0.466 e. The van der Waals surface area contributed by atoms with E-state index in [2.05, 4.69) is 10.3 Å². The van der Waals surface area contributed by atoms with Crippen LogP contribution in [0.15, 0.2) is 32.9 Å². The summed E-state index contributed by atoms with van der Waals surface area (Å²) < 4.78 is 31.9. The van der Waals surface area contributed by atoms with Gasteiger partial charge < -0.3 is 4.42 Å². The lowest BCUT2D eigenvalue weighted by Gasteiger charge is -2.16. The number of furan rings is 1. The molecule has 0 aliphatic rings. The van der Waals surface area contributed by atoms with Crippen molar-refractivity contribution in [1.82, 2.24) is 9.29 Å². The lowest BCUT2D eigenvalue weighted by Crippen LogP contribution is -2.24. The Balaban J connectivity index is 1.91. The number of aromatic nitrogens is 1. The summed E-state index contributed by atoms with van der Waals surface area (Å²) >= 11 is 1.30. The molecule has 1 amide bonds. The second-order valence-corrected chi connectivity index (χ2v) is 10.0. The van der Waals surface area contributed by atoms with Gasteiger partial charge in [0.2, 0.25) is 10.0 Å². The highest BCUT2D eigenvalue weighted by Crippen LogP contribution is 2.30. The number of rotatable bonds is 5. The number of sulfonamides is 1. The fourth-order valence-corrected chi connectivity index (χ4v) is 4.85. The van der Waals surface area contributed by atoms with Crippen LogP contribution in [-0.4, -0.2) is 37.7 Å². The van der Waals surface area contributed by atoms with Crippen molar-refractivity contribution in [3.63, 3.8) is 0 Å². The van der Waals surface area contributed by atoms with E-state index in [1.165, 1.54) is 31.5 Å². The molecule has 0 saturated carbocycles. The number of aryl methyl sites for hydroxylation is 3. The Morgan fingerprint density at radius 1 is 1.14 bits per heavy atom. The Morgan fingerprint density at radius 3 is 2.41 bits per heavy atom. The smallest absolute Gasteiger partial charge is 0.257 e. The van der Waals surface area contributed by atoms with Crippen molar-refractivity contribution in [2.45, 2.75) is 32.6 Å². The third-order valence-corrected chi connectivity index (χ3v) is 7.38. The first-order valence-electron chi connectivity index (χ1n) is 8.88. The van der Waals surface area contributed by atoms with Crippen LogP contribution in [0.2, 0.25) is 0 Å². The molecule has 1 N–H and O–H groups in total. The van der Waals surface area contributed by atoms with Gasteiger partial charge in [-0.1, -0.05) is 0 Å². The predicted octanol–water partition coefficient (Wildman–Crippen LogP) is 4.14. The fourth-order valence-electron chi connectivity index (χ4n) is 2.93. The van der Waals surface area contributed by atoms with Crippen molar-refractivity contribution in [3.05, 3.63) is 51.8 Å². The summed E-state index contributed by atoms with van der Waals surface area (Å²) in [6.07, 6.45) is 0. The topological polar surface area (TPSA) is 92.5 Å². The highest BCUT2D eigenvalue weighted by molar-refractivity contribution is 7.89. The maximum absolute atomic E-state index is 12.8. The van der Waals surface area contributed by atoms with E-state index in [0.29, 0.717) is 10.7 Å². The van der Waals surface area contributed by atoms with Crippen LogP contribution in [0.4, 0.5) is 5.13 Å². The summed E-state index contributed by atoms with van der Waals surface area (Å²) in [4.78, 5) is 17.4. The lowest BCUT2D eigenvalue weighted by atomic mass is 10.1. The first-order valence-corrected chi connectivity index (χ1v) is 11.2. The molecule has 1 aromatic carbocycles. The fraction of sp³-hybridized carbons (Fsp3) is 0.300. The SMILES string of the molecule is Cc1cc(-c2csc(NC(=O)c3cc(C)c(C)c(S(=O)(=O)N(C)C)c3)n2)c(C)o1. The molecule has 0 atom stereocenters. The van der Waals surface area contributed by atoms with Crippen LogP contribution in [0.5, 0.6) is 0 Å². The minimum atomic E-state index is -3.66. The van der Waals surface area contributed by atoms with E-state index in [0.717, 1.165) is 32.6 Å². The van der Waals surface area contributed by atoms with E-state index in [4.69, 9.17) is 4.42 Å². The maximum Gasteiger partial charge on any atom is 0.257 e. The Hall–Kier alpha value is -2.49. The summed E-state index contributed by atoms with van der Waals surface area (Å²) in [5.74, 6) is 1.14. The van der Waals surface area contributed by atoms with Gasteiger partial charge in [-0.05, 0) is 57.0 Å². The molecule has 0 bridgehead atoms. The number of amides is 1. The first-order chi connectivity index (χ1) is 13.5. The number of anilines is 1. The van der Waals surface area contributed by atoms with Crippen LogP contribution >= 0.6 is 11.3 Å². The van der Waals surface area contributed by atoms with E-state index >= 15 is 0 Å². The van der Waals surface area contributed by atoms with Crippen molar-refractivity contribution in [2.75, 3.05) is 19.4 Å². The van der Waals surface area contributed by atoms with E-state index in [1.807, 2.05) is 25.3 Å². The van der Waals surface area contributed by atoms with Gasteiger partial charge in [0.1, 0.15) is 11.5 Å². The van der Waals surface area contributed by atoms with Crippen molar-refractivity contribution < 1.29 is 17.6 Å². The molecule has 2 aromatic heterocycles. The summed E-state index contributed by atoms with van der Waals surface area (Å²) in [5.41, 5.74) is 3.21. The standard InChI is InChI=1S/C20H23N3O4S2/c1-11-7-15(9-18(13(11)3)29(25,26)23(5)6)19(24)22-20-21-17(10-28-20)16-8-12(2)27-14(16)4/h7-10H,1-6H3,(H,21,22,24). The van der Waals surface area contributed by atoms with Crippen LogP contribution < -0.4 is 5.32 Å².